The second kappa shape index (κ2) is 5.39. The van der Waals surface area contributed by atoms with E-state index in [4.69, 9.17) is 0 Å². The van der Waals surface area contributed by atoms with Crippen LogP contribution in [-0.4, -0.2) is 16.5 Å². The van der Waals surface area contributed by atoms with Crippen LogP contribution in [-0.2, 0) is 0 Å². The molecule has 1 N–H and O–H groups in total. The van der Waals surface area contributed by atoms with Crippen molar-refractivity contribution in [2.24, 2.45) is 0 Å². The Morgan fingerprint density at radius 3 is 2.84 bits per heavy atom. The van der Waals surface area contributed by atoms with Crippen molar-refractivity contribution in [1.82, 2.24) is 9.97 Å². The van der Waals surface area contributed by atoms with Crippen LogP contribution >= 0.6 is 0 Å². The first kappa shape index (κ1) is 12.2. The monoisotopic (exact) mass is 253 g/mol. The fraction of sp³-hybridized carbons (Fsp3) is 0.375. The fourth-order valence-electron chi connectivity index (χ4n) is 2.29. The zero-order chi connectivity index (χ0) is 13.1. The van der Waals surface area contributed by atoms with Gasteiger partial charge in [-0.2, -0.15) is 0 Å². The van der Waals surface area contributed by atoms with Crippen molar-refractivity contribution in [2.75, 3.05) is 11.9 Å². The Morgan fingerprint density at radius 2 is 2.05 bits per heavy atom. The molecule has 1 aliphatic carbocycles. The SMILES string of the molecule is CCCNc1ccnc(-c2ccccc2C2CC2)n1. The van der Waals surface area contributed by atoms with Gasteiger partial charge in [0, 0.05) is 18.3 Å². The highest BCUT2D eigenvalue weighted by Crippen LogP contribution is 2.43. The Hall–Kier alpha value is -1.90. The van der Waals surface area contributed by atoms with Gasteiger partial charge in [-0.3, -0.25) is 0 Å². The largest absolute Gasteiger partial charge is 0.370 e. The highest BCUT2D eigenvalue weighted by molar-refractivity contribution is 5.63. The molecule has 1 aromatic heterocycles. The molecular formula is C16H19N3. The Bertz CT molecular complexity index is 561. The minimum absolute atomic E-state index is 0.715. The van der Waals surface area contributed by atoms with Gasteiger partial charge in [-0.1, -0.05) is 31.2 Å². The molecule has 3 heteroatoms. The van der Waals surface area contributed by atoms with Gasteiger partial charge in [0.25, 0.3) is 0 Å². The maximum atomic E-state index is 4.63. The van der Waals surface area contributed by atoms with Crippen molar-refractivity contribution in [1.29, 1.82) is 0 Å². The van der Waals surface area contributed by atoms with E-state index in [1.807, 2.05) is 12.3 Å². The maximum absolute atomic E-state index is 4.63. The lowest BCUT2D eigenvalue weighted by atomic mass is 10.0. The Kier molecular flexibility index (Phi) is 3.45. The first-order chi connectivity index (χ1) is 9.38. The van der Waals surface area contributed by atoms with Crippen LogP contribution in [0.15, 0.2) is 36.5 Å². The normalized spacial score (nSPS) is 14.4. The summed E-state index contributed by atoms with van der Waals surface area (Å²) in [4.78, 5) is 9.07. The molecule has 0 saturated heterocycles. The van der Waals surface area contributed by atoms with Crippen LogP contribution in [0.2, 0.25) is 0 Å². The molecule has 19 heavy (non-hydrogen) atoms. The number of nitrogens with one attached hydrogen (secondary N) is 1. The molecule has 1 saturated carbocycles. The van der Waals surface area contributed by atoms with Crippen LogP contribution in [0.1, 0.15) is 37.7 Å². The minimum atomic E-state index is 0.715. The van der Waals surface area contributed by atoms with Gasteiger partial charge in [-0.25, -0.2) is 9.97 Å². The number of anilines is 1. The van der Waals surface area contributed by atoms with Crippen molar-refractivity contribution in [2.45, 2.75) is 32.1 Å². The third kappa shape index (κ3) is 2.75. The summed E-state index contributed by atoms with van der Waals surface area (Å²) in [7, 11) is 0. The predicted octanol–water partition coefficient (Wildman–Crippen LogP) is 3.84. The molecule has 1 fully saturated rings. The molecule has 0 atom stereocenters. The molecular weight excluding hydrogens is 234 g/mol. The van der Waals surface area contributed by atoms with Crippen molar-refractivity contribution in [3.05, 3.63) is 42.1 Å². The highest BCUT2D eigenvalue weighted by Gasteiger charge is 2.26. The summed E-state index contributed by atoms with van der Waals surface area (Å²) in [6.45, 7) is 3.10. The zero-order valence-electron chi connectivity index (χ0n) is 11.3. The summed E-state index contributed by atoms with van der Waals surface area (Å²) >= 11 is 0. The molecule has 1 aliphatic rings. The molecule has 1 aromatic carbocycles. The van der Waals surface area contributed by atoms with Crippen LogP contribution in [0.25, 0.3) is 11.4 Å². The van der Waals surface area contributed by atoms with Crippen molar-refractivity contribution in [3.63, 3.8) is 0 Å². The summed E-state index contributed by atoms with van der Waals surface area (Å²) < 4.78 is 0. The van der Waals surface area contributed by atoms with Gasteiger partial charge in [-0.15, -0.1) is 0 Å². The van der Waals surface area contributed by atoms with Crippen LogP contribution < -0.4 is 5.32 Å². The number of benzene rings is 1. The molecule has 3 rings (SSSR count). The second-order valence-corrected chi connectivity index (χ2v) is 5.05. The summed E-state index contributed by atoms with van der Waals surface area (Å²) in [5.74, 6) is 2.47. The van der Waals surface area contributed by atoms with E-state index in [9.17, 15) is 0 Å². The topological polar surface area (TPSA) is 37.8 Å². The lowest BCUT2D eigenvalue weighted by molar-refractivity contribution is 0.965. The molecule has 0 radical (unpaired) electrons. The van der Waals surface area contributed by atoms with Crippen LogP contribution in [0.3, 0.4) is 0 Å². The maximum Gasteiger partial charge on any atom is 0.161 e. The van der Waals surface area contributed by atoms with Gasteiger partial charge >= 0.3 is 0 Å². The lowest BCUT2D eigenvalue weighted by Crippen LogP contribution is -2.03. The molecule has 2 aromatic rings. The number of rotatable bonds is 5. The molecule has 0 aliphatic heterocycles. The number of aromatic nitrogens is 2. The van der Waals surface area contributed by atoms with Crippen LogP contribution in [0.4, 0.5) is 5.82 Å². The van der Waals surface area contributed by atoms with Crippen molar-refractivity contribution < 1.29 is 0 Å². The molecule has 0 unspecified atom stereocenters. The van der Waals surface area contributed by atoms with E-state index < -0.39 is 0 Å². The van der Waals surface area contributed by atoms with E-state index in [1.54, 1.807) is 0 Å². The van der Waals surface area contributed by atoms with Crippen LogP contribution in [0.5, 0.6) is 0 Å². The Balaban J connectivity index is 1.93. The van der Waals surface area contributed by atoms with E-state index >= 15 is 0 Å². The molecule has 3 nitrogen and oxygen atoms in total. The van der Waals surface area contributed by atoms with Gasteiger partial charge in [0.1, 0.15) is 5.82 Å². The molecule has 98 valence electrons. The summed E-state index contributed by atoms with van der Waals surface area (Å²) in [6, 6.07) is 10.4. The average Bonchev–Trinajstić information content (AvgIpc) is 3.30. The zero-order valence-corrected chi connectivity index (χ0v) is 11.3. The van der Waals surface area contributed by atoms with Crippen molar-refractivity contribution in [3.8, 4) is 11.4 Å². The summed E-state index contributed by atoms with van der Waals surface area (Å²) in [6.07, 6.45) is 5.53. The van der Waals surface area contributed by atoms with Gasteiger partial charge < -0.3 is 5.32 Å². The minimum Gasteiger partial charge on any atom is -0.370 e. The Morgan fingerprint density at radius 1 is 1.21 bits per heavy atom. The van der Waals surface area contributed by atoms with E-state index in [1.165, 1.54) is 24.0 Å². The van der Waals surface area contributed by atoms with E-state index in [0.717, 1.165) is 24.6 Å². The third-order valence-electron chi connectivity index (χ3n) is 3.43. The number of hydrogen-bond acceptors (Lipinski definition) is 3. The van der Waals surface area contributed by atoms with Gasteiger partial charge in [-0.05, 0) is 36.8 Å². The summed E-state index contributed by atoms with van der Waals surface area (Å²) in [5, 5.41) is 3.32. The lowest BCUT2D eigenvalue weighted by Gasteiger charge is -2.09. The highest BCUT2D eigenvalue weighted by atomic mass is 15.0. The van der Waals surface area contributed by atoms with E-state index in [2.05, 4.69) is 46.5 Å². The number of nitrogens with zero attached hydrogens (tertiary/aromatic N) is 2. The van der Waals surface area contributed by atoms with Crippen LogP contribution in [0, 0.1) is 0 Å². The molecule has 1 heterocycles. The first-order valence-corrected chi connectivity index (χ1v) is 7.04. The van der Waals surface area contributed by atoms with Gasteiger partial charge in [0.2, 0.25) is 0 Å². The average molecular weight is 253 g/mol. The Labute approximate surface area is 114 Å². The predicted molar refractivity (Wildman–Crippen MR) is 78.2 cm³/mol. The number of hydrogen-bond donors (Lipinski definition) is 1. The fourth-order valence-corrected chi connectivity index (χ4v) is 2.29. The van der Waals surface area contributed by atoms with Crippen molar-refractivity contribution >= 4 is 5.82 Å². The second-order valence-electron chi connectivity index (χ2n) is 5.05. The standard InChI is InChI=1S/C16H19N3/c1-2-10-17-15-9-11-18-16(19-15)14-6-4-3-5-13(14)12-7-8-12/h3-6,9,11-12H,2,7-8,10H2,1H3,(H,17,18,19). The van der Waals surface area contributed by atoms with E-state index in [0.29, 0.717) is 5.92 Å². The smallest absolute Gasteiger partial charge is 0.161 e. The molecule has 0 spiro atoms. The summed E-state index contributed by atoms with van der Waals surface area (Å²) in [5.41, 5.74) is 2.58. The van der Waals surface area contributed by atoms with E-state index in [-0.39, 0.29) is 0 Å². The first-order valence-electron chi connectivity index (χ1n) is 7.04. The molecule has 0 amide bonds. The van der Waals surface area contributed by atoms with Gasteiger partial charge in [0.05, 0.1) is 0 Å². The van der Waals surface area contributed by atoms with Gasteiger partial charge in [0.15, 0.2) is 5.82 Å². The molecule has 0 bridgehead atoms. The third-order valence-corrected chi connectivity index (χ3v) is 3.43. The quantitative estimate of drug-likeness (QED) is 0.879.